The van der Waals surface area contributed by atoms with Crippen LogP contribution in [0.15, 0.2) is 36.9 Å². The molecule has 0 spiro atoms. The fourth-order valence-corrected chi connectivity index (χ4v) is 3.80. The van der Waals surface area contributed by atoms with Gasteiger partial charge in [0.2, 0.25) is 5.91 Å². The third-order valence-corrected chi connectivity index (χ3v) is 5.33. The van der Waals surface area contributed by atoms with Crippen LogP contribution in [0.3, 0.4) is 0 Å². The van der Waals surface area contributed by atoms with Crippen LogP contribution < -0.4 is 0 Å². The van der Waals surface area contributed by atoms with Gasteiger partial charge in [0, 0.05) is 55.0 Å². The SMILES string of the molecule is [C-]#[N+][C@@H]1CC(F)(F)CN1C(=O)CCC(=O)c1ccncc1-c1ccnc2c1cnn2C. The molecule has 0 bridgehead atoms. The van der Waals surface area contributed by atoms with Gasteiger partial charge in [0.15, 0.2) is 11.4 Å². The van der Waals surface area contributed by atoms with E-state index in [0.717, 1.165) is 15.8 Å². The normalized spacial score (nSPS) is 17.6. The molecule has 3 aromatic rings. The lowest BCUT2D eigenvalue weighted by Gasteiger charge is -2.16. The molecule has 1 saturated heterocycles. The quantitative estimate of drug-likeness (QED) is 0.464. The largest absolute Gasteiger partial charge is 0.306 e. The summed E-state index contributed by atoms with van der Waals surface area (Å²) in [5, 5.41) is 4.95. The smallest absolute Gasteiger partial charge is 0.294 e. The molecule has 3 aromatic heterocycles. The molecule has 4 heterocycles. The fourth-order valence-electron chi connectivity index (χ4n) is 3.80. The Balaban J connectivity index is 1.56. The van der Waals surface area contributed by atoms with Crippen molar-refractivity contribution in [2.75, 3.05) is 6.54 Å². The van der Waals surface area contributed by atoms with Gasteiger partial charge in [-0.25, -0.2) is 20.3 Å². The number of aromatic nitrogens is 4. The molecule has 0 aliphatic carbocycles. The van der Waals surface area contributed by atoms with Crippen molar-refractivity contribution < 1.29 is 18.4 Å². The lowest BCUT2D eigenvalue weighted by atomic mass is 9.96. The number of carbonyl (C=O) groups excluding carboxylic acids is 2. The lowest BCUT2D eigenvalue weighted by Crippen LogP contribution is -2.35. The zero-order valence-corrected chi connectivity index (χ0v) is 16.6. The zero-order chi connectivity index (χ0) is 22.2. The summed E-state index contributed by atoms with van der Waals surface area (Å²) in [7, 11) is 1.76. The summed E-state index contributed by atoms with van der Waals surface area (Å²) in [6.45, 7) is 6.27. The number of amides is 1. The van der Waals surface area contributed by atoms with Gasteiger partial charge in [0.25, 0.3) is 5.92 Å². The minimum absolute atomic E-state index is 0.163. The summed E-state index contributed by atoms with van der Waals surface area (Å²) in [4.78, 5) is 37.8. The van der Waals surface area contributed by atoms with Crippen molar-refractivity contribution in [3.8, 4) is 11.1 Å². The topological polar surface area (TPSA) is 85.3 Å². The molecule has 0 saturated carbocycles. The molecule has 8 nitrogen and oxygen atoms in total. The van der Waals surface area contributed by atoms with Gasteiger partial charge >= 0.3 is 6.17 Å². The summed E-state index contributed by atoms with van der Waals surface area (Å²) >= 11 is 0. The van der Waals surface area contributed by atoms with Crippen LogP contribution in [0.4, 0.5) is 8.78 Å². The van der Waals surface area contributed by atoms with Gasteiger partial charge in [-0.3, -0.25) is 29.0 Å². The molecule has 4 rings (SSSR count). The van der Waals surface area contributed by atoms with Gasteiger partial charge in [-0.1, -0.05) is 0 Å². The second-order valence-corrected chi connectivity index (χ2v) is 7.40. The number of aryl methyl sites for hydroxylation is 1. The van der Waals surface area contributed by atoms with Crippen molar-refractivity contribution in [2.45, 2.75) is 31.4 Å². The Morgan fingerprint density at radius 3 is 2.81 bits per heavy atom. The van der Waals surface area contributed by atoms with Crippen LogP contribution in [0.1, 0.15) is 29.6 Å². The van der Waals surface area contributed by atoms with E-state index in [9.17, 15) is 18.4 Å². The summed E-state index contributed by atoms with van der Waals surface area (Å²) < 4.78 is 28.8. The van der Waals surface area contributed by atoms with Crippen molar-refractivity contribution in [2.24, 2.45) is 7.05 Å². The lowest BCUT2D eigenvalue weighted by molar-refractivity contribution is -0.132. The van der Waals surface area contributed by atoms with E-state index in [1.807, 2.05) is 0 Å². The van der Waals surface area contributed by atoms with E-state index in [2.05, 4.69) is 19.9 Å². The average molecular weight is 424 g/mol. The highest BCUT2D eigenvalue weighted by Gasteiger charge is 2.50. The summed E-state index contributed by atoms with van der Waals surface area (Å²) in [5.41, 5.74) is 2.32. The van der Waals surface area contributed by atoms with Crippen LogP contribution in [0.5, 0.6) is 0 Å². The number of rotatable bonds is 5. The number of likely N-dealkylation sites (tertiary alicyclic amines) is 1. The number of ketones is 1. The first-order valence-corrected chi connectivity index (χ1v) is 9.59. The third-order valence-electron chi connectivity index (χ3n) is 5.33. The van der Waals surface area contributed by atoms with E-state index in [1.165, 1.54) is 6.20 Å². The number of Topliss-reactive ketones (excluding diaryl/α,β-unsaturated/α-hetero) is 1. The molecule has 0 radical (unpaired) electrons. The summed E-state index contributed by atoms with van der Waals surface area (Å²) in [5.74, 6) is -4.02. The maximum atomic E-state index is 13.6. The van der Waals surface area contributed by atoms with Crippen molar-refractivity contribution in [1.82, 2.24) is 24.6 Å². The average Bonchev–Trinajstić information content (AvgIpc) is 3.30. The minimum atomic E-state index is -3.08. The number of carbonyl (C=O) groups is 2. The van der Waals surface area contributed by atoms with Crippen LogP contribution in [0, 0.1) is 6.57 Å². The van der Waals surface area contributed by atoms with Crippen LogP contribution in [-0.4, -0.2) is 55.0 Å². The second-order valence-electron chi connectivity index (χ2n) is 7.40. The molecule has 0 unspecified atom stereocenters. The fraction of sp³-hybridized carbons (Fsp3) is 0.333. The van der Waals surface area contributed by atoms with Crippen molar-refractivity contribution in [3.05, 3.63) is 53.9 Å². The first kappa shape index (κ1) is 20.5. The van der Waals surface area contributed by atoms with E-state index < -0.39 is 31.0 Å². The molecule has 31 heavy (non-hydrogen) atoms. The summed E-state index contributed by atoms with van der Waals surface area (Å²) in [6.07, 6.45) is 4.04. The molecule has 1 amide bonds. The predicted octanol–water partition coefficient (Wildman–Crippen LogP) is 3.11. The Morgan fingerprint density at radius 1 is 1.23 bits per heavy atom. The number of hydrogen-bond donors (Lipinski definition) is 0. The molecule has 10 heteroatoms. The number of nitrogens with zero attached hydrogens (tertiary/aromatic N) is 6. The van der Waals surface area contributed by atoms with E-state index in [4.69, 9.17) is 6.57 Å². The van der Waals surface area contributed by atoms with Crippen molar-refractivity contribution in [3.63, 3.8) is 0 Å². The molecular weight excluding hydrogens is 406 g/mol. The zero-order valence-electron chi connectivity index (χ0n) is 16.6. The molecule has 1 atom stereocenters. The predicted molar refractivity (Wildman–Crippen MR) is 107 cm³/mol. The number of alkyl halides is 2. The number of fused-ring (bicyclic) bond motifs is 1. The van der Waals surface area contributed by atoms with Crippen LogP contribution in [0.25, 0.3) is 27.0 Å². The minimum Gasteiger partial charge on any atom is -0.294 e. The highest BCUT2D eigenvalue weighted by Crippen LogP contribution is 2.34. The Morgan fingerprint density at radius 2 is 2.03 bits per heavy atom. The van der Waals surface area contributed by atoms with Gasteiger partial charge < -0.3 is 0 Å². The monoisotopic (exact) mass is 424 g/mol. The van der Waals surface area contributed by atoms with E-state index >= 15 is 0 Å². The molecule has 0 N–H and O–H groups in total. The molecule has 0 aromatic carbocycles. The Kier molecular flexibility index (Phi) is 5.19. The van der Waals surface area contributed by atoms with Gasteiger partial charge in [0.05, 0.1) is 12.7 Å². The number of pyridine rings is 2. The molecule has 1 aliphatic heterocycles. The first-order valence-electron chi connectivity index (χ1n) is 9.59. The molecule has 1 aliphatic rings. The third kappa shape index (κ3) is 3.86. The molecular formula is C21H18F2N6O2. The number of halogens is 2. The molecule has 1 fully saturated rings. The van der Waals surface area contributed by atoms with Gasteiger partial charge in [-0.2, -0.15) is 5.10 Å². The highest BCUT2D eigenvalue weighted by atomic mass is 19.3. The van der Waals surface area contributed by atoms with Gasteiger partial charge in [-0.15, -0.1) is 0 Å². The van der Waals surface area contributed by atoms with E-state index in [-0.39, 0.29) is 18.6 Å². The summed E-state index contributed by atoms with van der Waals surface area (Å²) in [6, 6.07) is 3.33. The van der Waals surface area contributed by atoms with E-state index in [0.29, 0.717) is 16.8 Å². The van der Waals surface area contributed by atoms with Crippen LogP contribution >= 0.6 is 0 Å². The standard InChI is InChI=1S/C21H18F2N6O2/c1-24-18-9-21(22,23)12-29(18)19(31)4-3-17(30)14-5-7-25-10-15(14)13-6-8-26-20-16(13)11-27-28(20)2/h5-8,10-11,18H,3-4,9,12H2,2H3/t18-/m0/s1. The van der Waals surface area contributed by atoms with Gasteiger partial charge in [-0.05, 0) is 17.7 Å². The Bertz CT molecular complexity index is 1220. The van der Waals surface area contributed by atoms with Crippen molar-refractivity contribution in [1.29, 1.82) is 0 Å². The second kappa shape index (κ2) is 7.83. The maximum absolute atomic E-state index is 13.6. The number of hydrogen-bond acceptors (Lipinski definition) is 5. The molecule has 158 valence electrons. The highest BCUT2D eigenvalue weighted by molar-refractivity contribution is 6.06. The Labute approximate surface area is 176 Å². The van der Waals surface area contributed by atoms with Crippen LogP contribution in [0.2, 0.25) is 0 Å². The Hall–Kier alpha value is -3.74. The maximum Gasteiger partial charge on any atom is 0.306 e. The van der Waals surface area contributed by atoms with Crippen LogP contribution in [-0.2, 0) is 11.8 Å². The van der Waals surface area contributed by atoms with Gasteiger partial charge in [0.1, 0.15) is 6.42 Å². The van der Waals surface area contributed by atoms with E-state index in [1.54, 1.807) is 42.5 Å². The van der Waals surface area contributed by atoms with Crippen molar-refractivity contribution >= 4 is 22.7 Å². The first-order chi connectivity index (χ1) is 14.8.